The molecule has 0 saturated carbocycles. The first kappa shape index (κ1) is 16.3. The number of amides is 1. The number of nitrogens with zero attached hydrogens (tertiary/aromatic N) is 1. The number of rotatable bonds is 1. The predicted molar refractivity (Wildman–Crippen MR) is 82.8 cm³/mol. The molecular weight excluding hydrogens is 252 g/mol. The van der Waals surface area contributed by atoms with Gasteiger partial charge in [-0.15, -0.1) is 0 Å². The lowest BCUT2D eigenvalue weighted by Crippen LogP contribution is -2.50. The standard InChI is InChI=1S/C14H20N2O2.C2H6/c1-14(2,3)18-13(17)16-8-11(9-16)10-4-6-12(15)7-5-10;1-2/h4-7,11H,8-9,15H2,1-3H3;1-2H3. The second kappa shape index (κ2) is 6.64. The van der Waals surface area contributed by atoms with Crippen LogP contribution in [-0.4, -0.2) is 29.7 Å². The molecule has 0 unspecified atom stereocenters. The molecule has 20 heavy (non-hydrogen) atoms. The molecule has 1 amide bonds. The number of ether oxygens (including phenoxy) is 1. The van der Waals surface area contributed by atoms with Gasteiger partial charge in [0.25, 0.3) is 0 Å². The summed E-state index contributed by atoms with van der Waals surface area (Å²) in [4.78, 5) is 13.5. The van der Waals surface area contributed by atoms with Crippen LogP contribution in [0, 0.1) is 0 Å². The second-order valence-corrected chi connectivity index (χ2v) is 5.75. The van der Waals surface area contributed by atoms with Gasteiger partial charge in [-0.3, -0.25) is 0 Å². The van der Waals surface area contributed by atoms with E-state index in [4.69, 9.17) is 10.5 Å². The quantitative estimate of drug-likeness (QED) is 0.798. The van der Waals surface area contributed by atoms with Gasteiger partial charge in [-0.25, -0.2) is 4.79 Å². The van der Waals surface area contributed by atoms with Gasteiger partial charge < -0.3 is 15.4 Å². The fourth-order valence-electron chi connectivity index (χ4n) is 1.93. The number of likely N-dealkylation sites (tertiary alicyclic amines) is 1. The maximum Gasteiger partial charge on any atom is 0.410 e. The Morgan fingerprint density at radius 2 is 1.70 bits per heavy atom. The number of nitrogens with two attached hydrogens (primary N) is 1. The minimum absolute atomic E-state index is 0.228. The number of benzene rings is 1. The summed E-state index contributed by atoms with van der Waals surface area (Å²) in [6, 6.07) is 7.83. The van der Waals surface area contributed by atoms with Crippen molar-refractivity contribution in [3.63, 3.8) is 0 Å². The van der Waals surface area contributed by atoms with Gasteiger partial charge in [0.15, 0.2) is 0 Å². The molecule has 112 valence electrons. The number of carbonyl (C=O) groups excluding carboxylic acids is 1. The smallest absolute Gasteiger partial charge is 0.410 e. The number of anilines is 1. The van der Waals surface area contributed by atoms with E-state index in [1.54, 1.807) is 4.90 Å². The molecule has 1 aliphatic rings. The molecule has 1 heterocycles. The van der Waals surface area contributed by atoms with Gasteiger partial charge in [0.1, 0.15) is 5.60 Å². The third-order valence-electron chi connectivity index (χ3n) is 2.94. The summed E-state index contributed by atoms with van der Waals surface area (Å²) >= 11 is 0. The lowest BCUT2D eigenvalue weighted by molar-refractivity contribution is 0.00820. The Kier molecular flexibility index (Phi) is 5.43. The molecule has 0 aliphatic carbocycles. The molecule has 4 heteroatoms. The van der Waals surface area contributed by atoms with Crippen molar-refractivity contribution in [2.75, 3.05) is 18.8 Å². The zero-order chi connectivity index (χ0) is 15.3. The van der Waals surface area contributed by atoms with E-state index in [9.17, 15) is 4.79 Å². The van der Waals surface area contributed by atoms with Crippen LogP contribution < -0.4 is 5.73 Å². The molecule has 2 rings (SSSR count). The van der Waals surface area contributed by atoms with Gasteiger partial charge in [0.05, 0.1) is 0 Å². The first-order chi connectivity index (χ1) is 9.35. The van der Waals surface area contributed by atoms with E-state index in [2.05, 4.69) is 0 Å². The molecule has 1 aliphatic heterocycles. The van der Waals surface area contributed by atoms with Crippen LogP contribution in [0.4, 0.5) is 10.5 Å². The molecule has 1 fully saturated rings. The Bertz CT molecular complexity index is 429. The minimum Gasteiger partial charge on any atom is -0.444 e. The van der Waals surface area contributed by atoms with Crippen molar-refractivity contribution in [1.82, 2.24) is 4.90 Å². The lowest BCUT2D eigenvalue weighted by atomic mass is 9.92. The van der Waals surface area contributed by atoms with Crippen molar-refractivity contribution >= 4 is 11.8 Å². The van der Waals surface area contributed by atoms with E-state index in [0.29, 0.717) is 5.92 Å². The van der Waals surface area contributed by atoms with Gasteiger partial charge in [-0.2, -0.15) is 0 Å². The van der Waals surface area contributed by atoms with Crippen LogP contribution >= 0.6 is 0 Å². The van der Waals surface area contributed by atoms with Crippen molar-refractivity contribution in [3.8, 4) is 0 Å². The van der Waals surface area contributed by atoms with Crippen molar-refractivity contribution in [1.29, 1.82) is 0 Å². The third kappa shape index (κ3) is 4.44. The molecule has 2 N–H and O–H groups in total. The highest BCUT2D eigenvalue weighted by atomic mass is 16.6. The molecular formula is C16H26N2O2. The monoisotopic (exact) mass is 278 g/mol. The fraction of sp³-hybridized carbons (Fsp3) is 0.562. The van der Waals surface area contributed by atoms with Gasteiger partial charge in [0.2, 0.25) is 0 Å². The van der Waals surface area contributed by atoms with Crippen LogP contribution in [0.1, 0.15) is 46.1 Å². The number of carbonyl (C=O) groups is 1. The minimum atomic E-state index is -0.427. The Balaban J connectivity index is 0.000000956. The van der Waals surface area contributed by atoms with Crippen molar-refractivity contribution in [2.45, 2.75) is 46.1 Å². The fourth-order valence-corrected chi connectivity index (χ4v) is 1.93. The van der Waals surface area contributed by atoms with Crippen molar-refractivity contribution in [2.24, 2.45) is 0 Å². The van der Waals surface area contributed by atoms with E-state index in [1.165, 1.54) is 5.56 Å². The van der Waals surface area contributed by atoms with Gasteiger partial charge >= 0.3 is 6.09 Å². The van der Waals surface area contributed by atoms with E-state index in [0.717, 1.165) is 18.8 Å². The molecule has 1 aromatic rings. The van der Waals surface area contributed by atoms with Crippen LogP contribution in [0.5, 0.6) is 0 Å². The van der Waals surface area contributed by atoms with Gasteiger partial charge in [-0.05, 0) is 38.5 Å². The molecule has 0 bridgehead atoms. The highest BCUT2D eigenvalue weighted by molar-refractivity contribution is 5.69. The van der Waals surface area contributed by atoms with Crippen LogP contribution in [0.25, 0.3) is 0 Å². The Morgan fingerprint density at radius 1 is 1.20 bits per heavy atom. The Labute approximate surface area is 121 Å². The van der Waals surface area contributed by atoms with Crippen LogP contribution in [0.2, 0.25) is 0 Å². The SMILES string of the molecule is CC.CC(C)(C)OC(=O)N1CC(c2ccc(N)cc2)C1. The molecule has 0 radical (unpaired) electrons. The molecule has 1 saturated heterocycles. The summed E-state index contributed by atoms with van der Waals surface area (Å²) in [5.41, 5.74) is 7.21. The highest BCUT2D eigenvalue weighted by Gasteiger charge is 2.34. The van der Waals surface area contributed by atoms with Crippen LogP contribution in [-0.2, 0) is 4.74 Å². The zero-order valence-electron chi connectivity index (χ0n) is 13.1. The first-order valence-electron chi connectivity index (χ1n) is 7.18. The van der Waals surface area contributed by atoms with Gasteiger partial charge in [-0.1, -0.05) is 26.0 Å². The van der Waals surface area contributed by atoms with Crippen molar-refractivity contribution < 1.29 is 9.53 Å². The average Bonchev–Trinajstić information content (AvgIpc) is 2.30. The largest absolute Gasteiger partial charge is 0.444 e. The second-order valence-electron chi connectivity index (χ2n) is 5.75. The van der Waals surface area contributed by atoms with E-state index >= 15 is 0 Å². The molecule has 0 spiro atoms. The number of hydrogen-bond donors (Lipinski definition) is 1. The normalized spacial score (nSPS) is 14.9. The molecule has 1 aromatic carbocycles. The number of hydrogen-bond acceptors (Lipinski definition) is 3. The predicted octanol–water partition coefficient (Wildman–Crippen LogP) is 3.63. The highest BCUT2D eigenvalue weighted by Crippen LogP contribution is 2.28. The van der Waals surface area contributed by atoms with Crippen LogP contribution in [0.15, 0.2) is 24.3 Å². The Morgan fingerprint density at radius 3 is 2.15 bits per heavy atom. The summed E-state index contributed by atoms with van der Waals surface area (Å²) in [5.74, 6) is 0.401. The molecule has 0 atom stereocenters. The summed E-state index contributed by atoms with van der Waals surface area (Å²) in [7, 11) is 0. The molecule has 4 nitrogen and oxygen atoms in total. The summed E-state index contributed by atoms with van der Waals surface area (Å²) < 4.78 is 5.31. The van der Waals surface area contributed by atoms with E-state index < -0.39 is 5.60 Å². The van der Waals surface area contributed by atoms with Crippen molar-refractivity contribution in [3.05, 3.63) is 29.8 Å². The summed E-state index contributed by atoms with van der Waals surface area (Å²) in [6.45, 7) is 11.1. The lowest BCUT2D eigenvalue weighted by Gasteiger charge is -2.40. The summed E-state index contributed by atoms with van der Waals surface area (Å²) in [6.07, 6.45) is -0.228. The molecule has 0 aromatic heterocycles. The maximum atomic E-state index is 11.8. The maximum absolute atomic E-state index is 11.8. The summed E-state index contributed by atoms with van der Waals surface area (Å²) in [5, 5.41) is 0. The topological polar surface area (TPSA) is 55.6 Å². The number of nitrogen functional groups attached to an aromatic ring is 1. The third-order valence-corrected chi connectivity index (χ3v) is 2.94. The Hall–Kier alpha value is -1.71. The first-order valence-corrected chi connectivity index (χ1v) is 7.18. The van der Waals surface area contributed by atoms with Crippen LogP contribution in [0.3, 0.4) is 0 Å². The average molecular weight is 278 g/mol. The van der Waals surface area contributed by atoms with E-state index in [1.807, 2.05) is 58.9 Å². The zero-order valence-corrected chi connectivity index (χ0v) is 13.1. The van der Waals surface area contributed by atoms with E-state index in [-0.39, 0.29) is 6.09 Å². The van der Waals surface area contributed by atoms with Gasteiger partial charge in [0, 0.05) is 24.7 Å².